The number of aryl methyl sites for hydroxylation is 1. The summed E-state index contributed by atoms with van der Waals surface area (Å²) < 4.78 is 0. The molecular weight excluding hydrogens is 266 g/mol. The highest BCUT2D eigenvalue weighted by molar-refractivity contribution is 6.33. The summed E-state index contributed by atoms with van der Waals surface area (Å²) in [5.74, 6) is 0. The highest BCUT2D eigenvalue weighted by Crippen LogP contribution is 2.32. The summed E-state index contributed by atoms with van der Waals surface area (Å²) in [4.78, 5) is 10.3. The lowest BCUT2D eigenvalue weighted by Crippen LogP contribution is -1.97. The van der Waals surface area contributed by atoms with Crippen LogP contribution in [0, 0.1) is 17.0 Å². The van der Waals surface area contributed by atoms with Gasteiger partial charge in [-0.15, -0.1) is 0 Å². The van der Waals surface area contributed by atoms with Crippen LogP contribution in [0.15, 0.2) is 36.4 Å². The fourth-order valence-corrected chi connectivity index (χ4v) is 1.95. The minimum absolute atomic E-state index is 0.0991. The lowest BCUT2D eigenvalue weighted by molar-refractivity contribution is -0.384. The third kappa shape index (κ3) is 2.95. The van der Waals surface area contributed by atoms with Crippen LogP contribution in [0.2, 0.25) is 5.02 Å². The fourth-order valence-electron chi connectivity index (χ4n) is 1.71. The zero-order valence-electron chi connectivity index (χ0n) is 10.2. The first-order chi connectivity index (χ1) is 8.97. The van der Waals surface area contributed by atoms with Crippen molar-refractivity contribution < 1.29 is 4.92 Å². The molecule has 0 saturated heterocycles. The molecule has 0 aromatic heterocycles. The van der Waals surface area contributed by atoms with Gasteiger partial charge in [-0.3, -0.25) is 10.1 Å². The van der Waals surface area contributed by atoms with Gasteiger partial charge in [-0.25, -0.2) is 0 Å². The van der Waals surface area contributed by atoms with Crippen molar-refractivity contribution in [2.24, 2.45) is 0 Å². The van der Waals surface area contributed by atoms with Crippen LogP contribution in [0.25, 0.3) is 0 Å². The highest BCUT2D eigenvalue weighted by atomic mass is 35.5. The molecule has 0 unspecified atom stereocenters. The maximum Gasteiger partial charge on any atom is 0.288 e. The van der Waals surface area contributed by atoms with Crippen LogP contribution >= 0.6 is 11.6 Å². The van der Waals surface area contributed by atoms with E-state index in [4.69, 9.17) is 17.3 Å². The Morgan fingerprint density at radius 1 is 1.32 bits per heavy atom. The Labute approximate surface area is 115 Å². The zero-order chi connectivity index (χ0) is 14.0. The van der Waals surface area contributed by atoms with Crippen molar-refractivity contribution in [1.82, 2.24) is 0 Å². The number of nitro groups is 1. The van der Waals surface area contributed by atoms with Crippen molar-refractivity contribution >= 4 is 34.4 Å². The number of benzene rings is 2. The van der Waals surface area contributed by atoms with Gasteiger partial charge in [0.15, 0.2) is 0 Å². The normalized spacial score (nSPS) is 10.2. The molecule has 0 radical (unpaired) electrons. The van der Waals surface area contributed by atoms with Crippen LogP contribution in [0.1, 0.15) is 5.56 Å². The van der Waals surface area contributed by atoms with E-state index in [1.165, 1.54) is 12.1 Å². The van der Waals surface area contributed by atoms with Gasteiger partial charge in [0.05, 0.1) is 4.92 Å². The summed E-state index contributed by atoms with van der Waals surface area (Å²) >= 11 is 5.89. The number of hydrogen-bond acceptors (Lipinski definition) is 4. The predicted octanol–water partition coefficient (Wildman–Crippen LogP) is 3.88. The minimum atomic E-state index is -0.500. The van der Waals surface area contributed by atoms with E-state index in [-0.39, 0.29) is 10.7 Å². The average molecular weight is 278 g/mol. The number of hydrogen-bond donors (Lipinski definition) is 2. The van der Waals surface area contributed by atoms with Gasteiger partial charge >= 0.3 is 0 Å². The molecule has 0 bridgehead atoms. The maximum atomic E-state index is 10.8. The second kappa shape index (κ2) is 5.16. The van der Waals surface area contributed by atoms with Crippen molar-refractivity contribution in [2.75, 3.05) is 11.1 Å². The summed E-state index contributed by atoms with van der Waals surface area (Å²) in [5.41, 5.74) is 8.47. The van der Waals surface area contributed by atoms with Gasteiger partial charge in [0.2, 0.25) is 0 Å². The van der Waals surface area contributed by atoms with E-state index in [0.717, 1.165) is 11.3 Å². The van der Waals surface area contributed by atoms with E-state index in [0.29, 0.717) is 11.4 Å². The number of nitrogen functional groups attached to an aromatic ring is 1. The molecule has 5 nitrogen and oxygen atoms in total. The van der Waals surface area contributed by atoms with E-state index in [9.17, 15) is 10.1 Å². The smallest absolute Gasteiger partial charge is 0.288 e. The molecule has 0 spiro atoms. The van der Waals surface area contributed by atoms with Crippen molar-refractivity contribution in [1.29, 1.82) is 0 Å². The minimum Gasteiger partial charge on any atom is -0.399 e. The number of nitrogens with two attached hydrogens (primary N) is 1. The second-order valence-electron chi connectivity index (χ2n) is 4.13. The lowest BCUT2D eigenvalue weighted by atomic mass is 10.1. The van der Waals surface area contributed by atoms with E-state index >= 15 is 0 Å². The zero-order valence-corrected chi connectivity index (χ0v) is 10.9. The first-order valence-electron chi connectivity index (χ1n) is 5.54. The van der Waals surface area contributed by atoms with E-state index in [1.807, 2.05) is 12.1 Å². The summed E-state index contributed by atoms with van der Waals surface area (Å²) in [6, 6.07) is 10.2. The number of anilines is 3. The molecule has 6 heteroatoms. The molecule has 19 heavy (non-hydrogen) atoms. The van der Waals surface area contributed by atoms with Gasteiger partial charge in [-0.05, 0) is 36.8 Å². The fraction of sp³-hybridized carbons (Fsp3) is 0.0769. The Hall–Kier alpha value is -2.27. The number of nitrogens with zero attached hydrogens (tertiary/aromatic N) is 1. The summed E-state index contributed by atoms with van der Waals surface area (Å²) in [6.45, 7) is 1.78. The third-order valence-corrected chi connectivity index (χ3v) is 2.96. The lowest BCUT2D eigenvalue weighted by Gasteiger charge is -2.10. The van der Waals surface area contributed by atoms with Gasteiger partial charge in [0.1, 0.15) is 5.02 Å². The number of halogens is 1. The molecule has 3 N–H and O–H groups in total. The largest absolute Gasteiger partial charge is 0.399 e. The molecule has 0 saturated carbocycles. The van der Waals surface area contributed by atoms with Crippen LogP contribution < -0.4 is 11.1 Å². The molecule has 2 aromatic carbocycles. The Kier molecular flexibility index (Phi) is 3.57. The van der Waals surface area contributed by atoms with Crippen LogP contribution in [0.5, 0.6) is 0 Å². The molecule has 0 fully saturated rings. The van der Waals surface area contributed by atoms with Crippen molar-refractivity contribution in [3.63, 3.8) is 0 Å². The maximum absolute atomic E-state index is 10.8. The molecule has 98 valence electrons. The molecule has 0 aliphatic heterocycles. The van der Waals surface area contributed by atoms with Gasteiger partial charge in [-0.2, -0.15) is 0 Å². The molecule has 0 aliphatic rings. The molecule has 2 aromatic rings. The van der Waals surface area contributed by atoms with Crippen LogP contribution in [-0.4, -0.2) is 4.92 Å². The monoisotopic (exact) mass is 277 g/mol. The van der Waals surface area contributed by atoms with E-state index in [1.54, 1.807) is 19.1 Å². The first-order valence-corrected chi connectivity index (χ1v) is 5.92. The quantitative estimate of drug-likeness (QED) is 0.507. The van der Waals surface area contributed by atoms with Gasteiger partial charge < -0.3 is 11.1 Å². The molecule has 0 heterocycles. The standard InChI is InChI=1S/C13H12ClN3O2/c1-8-5-13(17(18)19)11(14)7-12(8)16-10-4-2-3-9(15)6-10/h2-7,16H,15H2,1H3. The Bertz CT molecular complexity index is 644. The summed E-state index contributed by atoms with van der Waals surface area (Å²) in [7, 11) is 0. The molecule has 0 amide bonds. The molecular formula is C13H12ClN3O2. The Morgan fingerprint density at radius 3 is 2.68 bits per heavy atom. The van der Waals surface area contributed by atoms with Crippen LogP contribution in [-0.2, 0) is 0 Å². The SMILES string of the molecule is Cc1cc([N+](=O)[O-])c(Cl)cc1Nc1cccc(N)c1. The van der Waals surface area contributed by atoms with Crippen molar-refractivity contribution in [3.05, 3.63) is 57.1 Å². The Morgan fingerprint density at radius 2 is 2.05 bits per heavy atom. The average Bonchev–Trinajstić information content (AvgIpc) is 2.33. The number of nitro benzene ring substituents is 1. The van der Waals surface area contributed by atoms with Crippen LogP contribution in [0.4, 0.5) is 22.7 Å². The number of nitrogens with one attached hydrogen (secondary N) is 1. The van der Waals surface area contributed by atoms with Gasteiger partial charge in [0.25, 0.3) is 5.69 Å². The molecule has 0 atom stereocenters. The summed E-state index contributed by atoms with van der Waals surface area (Å²) in [5, 5.41) is 14.0. The van der Waals surface area contributed by atoms with Crippen molar-refractivity contribution in [3.8, 4) is 0 Å². The topological polar surface area (TPSA) is 81.2 Å². The van der Waals surface area contributed by atoms with Gasteiger partial charge in [-0.1, -0.05) is 17.7 Å². The van der Waals surface area contributed by atoms with Crippen molar-refractivity contribution in [2.45, 2.75) is 6.92 Å². The van der Waals surface area contributed by atoms with E-state index in [2.05, 4.69) is 5.32 Å². The summed E-state index contributed by atoms with van der Waals surface area (Å²) in [6.07, 6.45) is 0. The second-order valence-corrected chi connectivity index (χ2v) is 4.53. The van der Waals surface area contributed by atoms with Crippen LogP contribution in [0.3, 0.4) is 0 Å². The highest BCUT2D eigenvalue weighted by Gasteiger charge is 2.15. The first kappa shape index (κ1) is 13.2. The predicted molar refractivity (Wildman–Crippen MR) is 77.0 cm³/mol. The third-order valence-electron chi connectivity index (χ3n) is 2.66. The number of rotatable bonds is 3. The van der Waals surface area contributed by atoms with E-state index < -0.39 is 4.92 Å². The Balaban J connectivity index is 2.36. The van der Waals surface area contributed by atoms with Gasteiger partial charge in [0, 0.05) is 23.1 Å². The molecule has 2 rings (SSSR count). The molecule has 0 aliphatic carbocycles.